The average Bonchev–Trinajstić information content (AvgIpc) is 2.73. The number of aryl methyl sites for hydroxylation is 3. The molecule has 0 saturated carbocycles. The number of carbonyl (C=O) groups excluding carboxylic acids is 1. The minimum atomic E-state index is 0.0515. The molecule has 5 nitrogen and oxygen atoms in total. The van der Waals surface area contributed by atoms with E-state index in [1.807, 2.05) is 32.2 Å². The molecule has 5 heteroatoms. The van der Waals surface area contributed by atoms with Gasteiger partial charge in [0.05, 0.1) is 17.9 Å². The molecule has 2 aromatic rings. The maximum Gasteiger partial charge on any atom is 0.220 e. The molecule has 0 aliphatic carbocycles. The highest BCUT2D eigenvalue weighted by atomic mass is 16.1. The second-order valence-corrected chi connectivity index (χ2v) is 4.53. The van der Waals surface area contributed by atoms with E-state index >= 15 is 0 Å². The van der Waals surface area contributed by atoms with E-state index in [2.05, 4.69) is 15.4 Å². The molecule has 2 aromatic heterocycles. The van der Waals surface area contributed by atoms with Crippen LogP contribution in [0.4, 0.5) is 0 Å². The van der Waals surface area contributed by atoms with Crippen LogP contribution in [0.2, 0.25) is 0 Å². The lowest BCUT2D eigenvalue weighted by Crippen LogP contribution is -2.24. The van der Waals surface area contributed by atoms with Gasteiger partial charge in [0.15, 0.2) is 0 Å². The normalized spacial score (nSPS) is 10.4. The summed E-state index contributed by atoms with van der Waals surface area (Å²) in [6.07, 6.45) is 4.71. The Balaban J connectivity index is 1.77. The summed E-state index contributed by atoms with van der Waals surface area (Å²) in [4.78, 5) is 15.7. The molecule has 0 aromatic carbocycles. The third-order valence-corrected chi connectivity index (χ3v) is 2.96. The number of hydrogen-bond acceptors (Lipinski definition) is 3. The summed E-state index contributed by atoms with van der Waals surface area (Å²) in [7, 11) is 1.88. The highest BCUT2D eigenvalue weighted by Gasteiger charge is 2.05. The lowest BCUT2D eigenvalue weighted by molar-refractivity contribution is -0.121. The van der Waals surface area contributed by atoms with E-state index in [4.69, 9.17) is 0 Å². The summed E-state index contributed by atoms with van der Waals surface area (Å²) in [6.45, 7) is 2.46. The number of nitrogens with zero attached hydrogens (tertiary/aromatic N) is 3. The quantitative estimate of drug-likeness (QED) is 0.881. The molecule has 1 N–H and O–H groups in total. The predicted octanol–water partition coefficient (Wildman–Crippen LogP) is 1.37. The summed E-state index contributed by atoms with van der Waals surface area (Å²) in [5, 5.41) is 7.15. The Morgan fingerprint density at radius 1 is 1.37 bits per heavy atom. The molecule has 2 heterocycles. The van der Waals surface area contributed by atoms with Crippen molar-refractivity contribution in [1.82, 2.24) is 20.1 Å². The summed E-state index contributed by atoms with van der Waals surface area (Å²) in [5.74, 6) is 0.0515. The second-order valence-electron chi connectivity index (χ2n) is 4.53. The van der Waals surface area contributed by atoms with Crippen LogP contribution >= 0.6 is 0 Å². The Kier molecular flexibility index (Phi) is 4.28. The largest absolute Gasteiger partial charge is 0.350 e. The zero-order valence-electron chi connectivity index (χ0n) is 11.3. The minimum Gasteiger partial charge on any atom is -0.350 e. The highest BCUT2D eigenvalue weighted by molar-refractivity contribution is 5.76. The van der Waals surface area contributed by atoms with Gasteiger partial charge in [0, 0.05) is 25.9 Å². The average molecular weight is 258 g/mol. The van der Waals surface area contributed by atoms with E-state index in [0.29, 0.717) is 13.0 Å². The van der Waals surface area contributed by atoms with E-state index in [1.54, 1.807) is 17.1 Å². The van der Waals surface area contributed by atoms with Crippen LogP contribution in [-0.2, 0) is 24.8 Å². The summed E-state index contributed by atoms with van der Waals surface area (Å²) in [6, 6.07) is 5.83. The topological polar surface area (TPSA) is 59.8 Å². The maximum atomic E-state index is 11.8. The molecular formula is C14H18N4O. The number of rotatable bonds is 5. The van der Waals surface area contributed by atoms with Crippen molar-refractivity contribution in [1.29, 1.82) is 0 Å². The molecular weight excluding hydrogens is 240 g/mol. The van der Waals surface area contributed by atoms with Crippen molar-refractivity contribution < 1.29 is 4.79 Å². The van der Waals surface area contributed by atoms with Gasteiger partial charge in [-0.25, -0.2) is 0 Å². The summed E-state index contributed by atoms with van der Waals surface area (Å²) in [5.41, 5.74) is 3.10. The van der Waals surface area contributed by atoms with Crippen LogP contribution < -0.4 is 5.32 Å². The van der Waals surface area contributed by atoms with Gasteiger partial charge in [0.25, 0.3) is 0 Å². The van der Waals surface area contributed by atoms with E-state index in [9.17, 15) is 4.79 Å². The third-order valence-electron chi connectivity index (χ3n) is 2.96. The van der Waals surface area contributed by atoms with E-state index in [1.165, 1.54) is 0 Å². The van der Waals surface area contributed by atoms with Gasteiger partial charge in [-0.1, -0.05) is 0 Å². The van der Waals surface area contributed by atoms with Gasteiger partial charge < -0.3 is 5.32 Å². The van der Waals surface area contributed by atoms with Gasteiger partial charge in [-0.3, -0.25) is 14.5 Å². The highest BCUT2D eigenvalue weighted by Crippen LogP contribution is 2.03. The molecule has 0 aliphatic heterocycles. The van der Waals surface area contributed by atoms with Crippen molar-refractivity contribution in [2.45, 2.75) is 26.3 Å². The molecule has 0 bridgehead atoms. The van der Waals surface area contributed by atoms with E-state index in [-0.39, 0.29) is 5.91 Å². The molecule has 0 unspecified atom stereocenters. The van der Waals surface area contributed by atoms with Crippen LogP contribution in [0.25, 0.3) is 0 Å². The van der Waals surface area contributed by atoms with Gasteiger partial charge in [-0.15, -0.1) is 0 Å². The first-order valence-electron chi connectivity index (χ1n) is 6.30. The van der Waals surface area contributed by atoms with Gasteiger partial charge in [-0.05, 0) is 37.1 Å². The van der Waals surface area contributed by atoms with Crippen LogP contribution in [0.15, 0.2) is 30.6 Å². The SMILES string of the molecule is Cc1cc(CNC(=O)CCc2ccncc2)n(C)n1. The number of hydrogen-bond donors (Lipinski definition) is 1. The minimum absolute atomic E-state index is 0.0515. The van der Waals surface area contributed by atoms with Crippen molar-refractivity contribution in [2.24, 2.45) is 7.05 Å². The molecule has 0 atom stereocenters. The molecule has 100 valence electrons. The molecule has 19 heavy (non-hydrogen) atoms. The number of nitrogens with one attached hydrogen (secondary N) is 1. The Morgan fingerprint density at radius 3 is 2.74 bits per heavy atom. The van der Waals surface area contributed by atoms with Gasteiger partial charge >= 0.3 is 0 Å². The molecule has 1 amide bonds. The Morgan fingerprint density at radius 2 is 2.11 bits per heavy atom. The monoisotopic (exact) mass is 258 g/mol. The first-order chi connectivity index (χ1) is 9.15. The zero-order valence-corrected chi connectivity index (χ0v) is 11.3. The third kappa shape index (κ3) is 3.91. The Labute approximate surface area is 112 Å². The molecule has 0 spiro atoms. The Hall–Kier alpha value is -2.17. The Bertz CT molecular complexity index is 548. The summed E-state index contributed by atoms with van der Waals surface area (Å²) < 4.78 is 1.79. The van der Waals surface area contributed by atoms with Gasteiger partial charge in [0.2, 0.25) is 5.91 Å². The predicted molar refractivity (Wildman–Crippen MR) is 72.3 cm³/mol. The first kappa shape index (κ1) is 13.3. The van der Waals surface area contributed by atoms with Crippen molar-refractivity contribution >= 4 is 5.91 Å². The van der Waals surface area contributed by atoms with Gasteiger partial charge in [0.1, 0.15) is 0 Å². The fourth-order valence-electron chi connectivity index (χ4n) is 1.91. The van der Waals surface area contributed by atoms with Crippen molar-refractivity contribution in [2.75, 3.05) is 0 Å². The van der Waals surface area contributed by atoms with Crippen molar-refractivity contribution in [3.05, 3.63) is 47.5 Å². The first-order valence-corrected chi connectivity index (χ1v) is 6.30. The fraction of sp³-hybridized carbons (Fsp3) is 0.357. The van der Waals surface area contributed by atoms with Crippen LogP contribution in [-0.4, -0.2) is 20.7 Å². The van der Waals surface area contributed by atoms with Crippen LogP contribution in [0.1, 0.15) is 23.4 Å². The number of amides is 1. The van der Waals surface area contributed by atoms with Crippen LogP contribution in [0.5, 0.6) is 0 Å². The fourth-order valence-corrected chi connectivity index (χ4v) is 1.91. The number of carbonyl (C=O) groups is 1. The van der Waals surface area contributed by atoms with Gasteiger partial charge in [-0.2, -0.15) is 5.10 Å². The van der Waals surface area contributed by atoms with Crippen molar-refractivity contribution in [3.63, 3.8) is 0 Å². The number of aromatic nitrogens is 3. The second kappa shape index (κ2) is 6.13. The molecule has 0 aliphatic rings. The number of pyridine rings is 1. The maximum absolute atomic E-state index is 11.8. The standard InChI is InChI=1S/C14H18N4O/c1-11-9-13(18(2)17-11)10-16-14(19)4-3-12-5-7-15-8-6-12/h5-9H,3-4,10H2,1-2H3,(H,16,19). The van der Waals surface area contributed by atoms with Crippen molar-refractivity contribution in [3.8, 4) is 0 Å². The van der Waals surface area contributed by atoms with Crippen LogP contribution in [0, 0.1) is 6.92 Å². The molecule has 2 rings (SSSR count). The lowest BCUT2D eigenvalue weighted by atomic mass is 10.1. The zero-order chi connectivity index (χ0) is 13.7. The molecule has 0 fully saturated rings. The molecule has 0 saturated heterocycles. The molecule has 0 radical (unpaired) electrons. The summed E-state index contributed by atoms with van der Waals surface area (Å²) >= 11 is 0. The lowest BCUT2D eigenvalue weighted by Gasteiger charge is -2.05. The smallest absolute Gasteiger partial charge is 0.220 e. The van der Waals surface area contributed by atoms with E-state index in [0.717, 1.165) is 23.4 Å². The van der Waals surface area contributed by atoms with Crippen LogP contribution in [0.3, 0.4) is 0 Å². The van der Waals surface area contributed by atoms with E-state index < -0.39 is 0 Å².